The largest absolute Gasteiger partial charge is 0.295 e. The number of fused-ring (bicyclic) bond motifs is 5. The summed E-state index contributed by atoms with van der Waals surface area (Å²) < 4.78 is 0. The van der Waals surface area contributed by atoms with Crippen LogP contribution in [0.1, 0.15) is 87.0 Å². The molecule has 1 unspecified atom stereocenters. The van der Waals surface area contributed by atoms with Crippen molar-refractivity contribution in [2.75, 3.05) is 0 Å². The first-order valence-electron chi connectivity index (χ1n) is 11.3. The Balaban J connectivity index is 1.79. The van der Waals surface area contributed by atoms with Gasteiger partial charge in [-0.25, -0.2) is 0 Å². The summed E-state index contributed by atoms with van der Waals surface area (Å²) in [5.41, 5.74) is 2.38. The van der Waals surface area contributed by atoms with Gasteiger partial charge in [0.15, 0.2) is 5.78 Å². The van der Waals surface area contributed by atoms with E-state index < -0.39 is 0 Å². The van der Waals surface area contributed by atoms with Crippen LogP contribution >= 0.6 is 0 Å². The highest BCUT2D eigenvalue weighted by molar-refractivity contribution is 5.94. The Morgan fingerprint density at radius 1 is 1.00 bits per heavy atom. The van der Waals surface area contributed by atoms with Crippen molar-refractivity contribution < 1.29 is 4.79 Å². The molecule has 3 fully saturated rings. The highest BCUT2D eigenvalue weighted by atomic mass is 16.1. The average molecular weight is 357 g/mol. The van der Waals surface area contributed by atoms with Crippen molar-refractivity contribution in [3.05, 3.63) is 11.6 Å². The van der Waals surface area contributed by atoms with Crippen LogP contribution in [0.2, 0.25) is 0 Å². The number of carbonyl (C=O) groups is 1. The Morgan fingerprint density at radius 2 is 1.69 bits per heavy atom. The summed E-state index contributed by atoms with van der Waals surface area (Å²) in [5.74, 6) is 4.37. The summed E-state index contributed by atoms with van der Waals surface area (Å²) in [5, 5.41) is 0. The fourth-order valence-electron chi connectivity index (χ4n) is 8.38. The Morgan fingerprint density at radius 3 is 2.35 bits per heavy atom. The van der Waals surface area contributed by atoms with Crippen LogP contribution in [0.3, 0.4) is 0 Å². The normalized spacial score (nSPS) is 53.8. The molecule has 146 valence electrons. The Labute approximate surface area is 161 Å². The molecule has 3 saturated carbocycles. The number of carbonyl (C=O) groups excluding carboxylic acids is 1. The summed E-state index contributed by atoms with van der Waals surface area (Å²) in [6.07, 6.45) is 9.83. The second kappa shape index (κ2) is 5.71. The van der Waals surface area contributed by atoms with Crippen LogP contribution in [0.4, 0.5) is 0 Å². The van der Waals surface area contributed by atoms with E-state index in [4.69, 9.17) is 0 Å². The first kappa shape index (κ1) is 18.8. The molecule has 0 aromatic heterocycles. The van der Waals surface area contributed by atoms with E-state index in [1.54, 1.807) is 5.57 Å². The van der Waals surface area contributed by atoms with Crippen molar-refractivity contribution in [3.8, 4) is 0 Å². The summed E-state index contributed by atoms with van der Waals surface area (Å²) in [6, 6.07) is 0. The number of ketones is 1. The Hall–Kier alpha value is -0.590. The average Bonchev–Trinajstić information content (AvgIpc) is 2.83. The Bertz CT molecular complexity index is 645. The lowest BCUT2D eigenvalue weighted by molar-refractivity contribution is -0.133. The van der Waals surface area contributed by atoms with E-state index in [-0.39, 0.29) is 16.7 Å². The van der Waals surface area contributed by atoms with Crippen LogP contribution in [0.5, 0.6) is 0 Å². The van der Waals surface area contributed by atoms with Gasteiger partial charge in [-0.15, -0.1) is 0 Å². The van der Waals surface area contributed by atoms with Crippen molar-refractivity contribution in [1.29, 1.82) is 0 Å². The molecule has 0 aromatic carbocycles. The second-order valence-electron chi connectivity index (χ2n) is 11.7. The zero-order valence-corrected chi connectivity index (χ0v) is 18.2. The fourth-order valence-corrected chi connectivity index (χ4v) is 8.38. The lowest BCUT2D eigenvalue weighted by Gasteiger charge is -2.61. The molecule has 0 aliphatic heterocycles. The van der Waals surface area contributed by atoms with Gasteiger partial charge in [-0.3, -0.25) is 4.79 Å². The number of hydrogen-bond donors (Lipinski definition) is 0. The minimum absolute atomic E-state index is 0.202. The summed E-state index contributed by atoms with van der Waals surface area (Å²) in [7, 11) is 0. The van der Waals surface area contributed by atoms with E-state index in [0.29, 0.717) is 23.0 Å². The maximum Gasteiger partial charge on any atom is 0.159 e. The van der Waals surface area contributed by atoms with Gasteiger partial charge in [0.1, 0.15) is 0 Å². The standard InChI is InChI=1S/C25H40O/c1-15(2)18-8-10-25(7)20-13-22(26)21-12-16(3)17(4)14-23(21,5)19(20)9-11-24(18,25)6/h13,15-19,21H,8-12,14H2,1-7H3/t16-,17+,18-,19?,21+,23-,24-,25+/m1/s1. The van der Waals surface area contributed by atoms with Crippen molar-refractivity contribution >= 4 is 5.78 Å². The smallest absolute Gasteiger partial charge is 0.159 e. The highest BCUT2D eigenvalue weighted by Gasteiger charge is 2.64. The van der Waals surface area contributed by atoms with Crippen LogP contribution < -0.4 is 0 Å². The molecule has 8 atom stereocenters. The molecule has 0 N–H and O–H groups in total. The van der Waals surface area contributed by atoms with Gasteiger partial charge in [0, 0.05) is 5.92 Å². The van der Waals surface area contributed by atoms with Crippen molar-refractivity contribution in [3.63, 3.8) is 0 Å². The van der Waals surface area contributed by atoms with Gasteiger partial charge in [0.2, 0.25) is 0 Å². The second-order valence-corrected chi connectivity index (χ2v) is 11.7. The van der Waals surface area contributed by atoms with Crippen molar-refractivity contribution in [1.82, 2.24) is 0 Å². The van der Waals surface area contributed by atoms with Crippen molar-refractivity contribution in [2.24, 2.45) is 51.8 Å². The molecule has 4 aliphatic carbocycles. The van der Waals surface area contributed by atoms with Crippen LogP contribution in [0, 0.1) is 51.8 Å². The van der Waals surface area contributed by atoms with Crippen LogP contribution in [-0.2, 0) is 4.79 Å². The number of rotatable bonds is 1. The lowest BCUT2D eigenvalue weighted by atomic mass is 9.42. The van der Waals surface area contributed by atoms with Gasteiger partial charge in [-0.2, -0.15) is 0 Å². The maximum atomic E-state index is 13.3. The minimum atomic E-state index is 0.202. The van der Waals surface area contributed by atoms with Gasteiger partial charge in [-0.1, -0.05) is 54.0 Å². The van der Waals surface area contributed by atoms with Crippen molar-refractivity contribution in [2.45, 2.75) is 87.0 Å². The molecule has 4 rings (SSSR count). The zero-order chi connectivity index (χ0) is 19.1. The van der Waals surface area contributed by atoms with Crippen LogP contribution in [0.25, 0.3) is 0 Å². The molecule has 0 radical (unpaired) electrons. The molecule has 0 aromatic rings. The van der Waals surface area contributed by atoms with Gasteiger partial charge < -0.3 is 0 Å². The molecule has 0 bridgehead atoms. The molecule has 1 heteroatoms. The molecule has 0 heterocycles. The predicted octanol–water partition coefficient (Wildman–Crippen LogP) is 6.67. The number of hydrogen-bond acceptors (Lipinski definition) is 1. The molecule has 1 nitrogen and oxygen atoms in total. The first-order chi connectivity index (χ1) is 12.0. The van der Waals surface area contributed by atoms with E-state index in [0.717, 1.165) is 24.2 Å². The molecule has 0 spiro atoms. The maximum absolute atomic E-state index is 13.3. The van der Waals surface area contributed by atoms with Crippen LogP contribution in [0.15, 0.2) is 11.6 Å². The quantitative estimate of drug-likeness (QED) is 0.512. The summed E-state index contributed by atoms with van der Waals surface area (Å²) in [6.45, 7) is 17.2. The molecule has 0 saturated heterocycles. The highest BCUT2D eigenvalue weighted by Crippen LogP contribution is 2.72. The molecule has 0 amide bonds. The minimum Gasteiger partial charge on any atom is -0.295 e. The molecular weight excluding hydrogens is 316 g/mol. The SMILES string of the molecule is CC(C)[C@H]1CC[C@@]2(C)C3=CC(=O)[C@@H]4C[C@@H](C)[C@@H](C)C[C@]4(C)C3CC[C@]12C. The van der Waals surface area contributed by atoms with E-state index in [1.165, 1.54) is 32.1 Å². The van der Waals surface area contributed by atoms with E-state index in [9.17, 15) is 4.79 Å². The lowest BCUT2D eigenvalue weighted by Crippen LogP contribution is -2.55. The molecule has 26 heavy (non-hydrogen) atoms. The summed E-state index contributed by atoms with van der Waals surface area (Å²) in [4.78, 5) is 13.3. The van der Waals surface area contributed by atoms with Gasteiger partial charge in [0.05, 0.1) is 0 Å². The van der Waals surface area contributed by atoms with E-state index in [1.807, 2.05) is 0 Å². The zero-order valence-electron chi connectivity index (χ0n) is 18.2. The fraction of sp³-hybridized carbons (Fsp3) is 0.880. The van der Waals surface area contributed by atoms with Gasteiger partial charge >= 0.3 is 0 Å². The third-order valence-corrected chi connectivity index (χ3v) is 10.4. The monoisotopic (exact) mass is 356 g/mol. The Kier molecular flexibility index (Phi) is 4.12. The third kappa shape index (κ3) is 2.18. The van der Waals surface area contributed by atoms with Gasteiger partial charge in [-0.05, 0) is 90.4 Å². The summed E-state index contributed by atoms with van der Waals surface area (Å²) >= 11 is 0. The first-order valence-corrected chi connectivity index (χ1v) is 11.3. The molecular formula is C25H40O. The topological polar surface area (TPSA) is 17.1 Å². The van der Waals surface area contributed by atoms with Gasteiger partial charge in [0.25, 0.3) is 0 Å². The van der Waals surface area contributed by atoms with E-state index in [2.05, 4.69) is 54.5 Å². The van der Waals surface area contributed by atoms with E-state index >= 15 is 0 Å². The number of allylic oxidation sites excluding steroid dienone is 2. The predicted molar refractivity (Wildman–Crippen MR) is 109 cm³/mol. The molecule has 4 aliphatic rings. The van der Waals surface area contributed by atoms with Crippen LogP contribution in [-0.4, -0.2) is 5.78 Å². The third-order valence-electron chi connectivity index (χ3n) is 10.4.